The van der Waals surface area contributed by atoms with Gasteiger partial charge in [0, 0.05) is 23.0 Å². The van der Waals surface area contributed by atoms with Crippen molar-refractivity contribution in [1.29, 1.82) is 0 Å². The molecule has 0 atom stereocenters. The van der Waals surface area contributed by atoms with Gasteiger partial charge < -0.3 is 10.3 Å². The number of nitrogens with one attached hydrogen (secondary N) is 2. The molecule has 1 heterocycles. The molecule has 0 aliphatic rings. The minimum Gasteiger partial charge on any atom is -0.342 e. The van der Waals surface area contributed by atoms with Crippen LogP contribution < -0.4 is 5.32 Å². The summed E-state index contributed by atoms with van der Waals surface area (Å²) in [5, 5.41) is 2.92. The molecule has 24 heavy (non-hydrogen) atoms. The number of hydrogen-bond donors (Lipinski definition) is 2. The topological polar surface area (TPSA) is 57.8 Å². The fourth-order valence-corrected chi connectivity index (χ4v) is 2.90. The molecule has 0 aliphatic heterocycles. The number of aromatic nitrogens is 2. The number of fused-ring (bicyclic) bond motifs is 1. The molecule has 0 unspecified atom stereocenters. The summed E-state index contributed by atoms with van der Waals surface area (Å²) >= 11 is 3.38. The summed E-state index contributed by atoms with van der Waals surface area (Å²) < 4.78 is 0.996. The predicted molar refractivity (Wildman–Crippen MR) is 101 cm³/mol. The summed E-state index contributed by atoms with van der Waals surface area (Å²) in [5.41, 5.74) is 3.99. The number of rotatable bonds is 6. The van der Waals surface area contributed by atoms with Crippen LogP contribution in [0.5, 0.6) is 0 Å². The van der Waals surface area contributed by atoms with E-state index in [0.29, 0.717) is 12.8 Å². The van der Waals surface area contributed by atoms with E-state index in [1.807, 2.05) is 36.4 Å². The van der Waals surface area contributed by atoms with Crippen molar-refractivity contribution >= 4 is 38.6 Å². The largest absolute Gasteiger partial charge is 0.342 e. The van der Waals surface area contributed by atoms with Crippen LogP contribution in [0, 0.1) is 0 Å². The minimum atomic E-state index is 0.0219. The molecule has 3 aromatic rings. The smallest absolute Gasteiger partial charge is 0.224 e. The highest BCUT2D eigenvalue weighted by Gasteiger charge is 2.06. The van der Waals surface area contributed by atoms with Gasteiger partial charge in [-0.2, -0.15) is 0 Å². The highest BCUT2D eigenvalue weighted by atomic mass is 79.9. The van der Waals surface area contributed by atoms with Gasteiger partial charge in [-0.15, -0.1) is 0 Å². The van der Waals surface area contributed by atoms with E-state index in [0.717, 1.165) is 45.4 Å². The molecule has 2 aromatic carbocycles. The summed E-state index contributed by atoms with van der Waals surface area (Å²) in [4.78, 5) is 20.0. The standard InChI is InChI=1S/C19H20BrN3O/c1-2-3-18-22-16-10-4-13(12-17(16)23-18)5-11-19(24)21-15-8-6-14(20)7-9-15/h4,6-10,12H,2-3,5,11H2,1H3,(H,21,24)(H,22,23). The third-order valence-corrected chi connectivity index (χ3v) is 4.38. The number of imidazole rings is 1. The first-order valence-electron chi connectivity index (χ1n) is 8.17. The maximum absolute atomic E-state index is 12.1. The van der Waals surface area contributed by atoms with E-state index in [4.69, 9.17) is 0 Å². The fourth-order valence-electron chi connectivity index (χ4n) is 2.63. The summed E-state index contributed by atoms with van der Waals surface area (Å²) in [5.74, 6) is 1.05. The molecule has 0 bridgehead atoms. The van der Waals surface area contributed by atoms with Crippen molar-refractivity contribution < 1.29 is 4.79 Å². The molecule has 2 N–H and O–H groups in total. The zero-order valence-electron chi connectivity index (χ0n) is 13.6. The Hall–Kier alpha value is -2.14. The monoisotopic (exact) mass is 385 g/mol. The average Bonchev–Trinajstić information content (AvgIpc) is 2.97. The highest BCUT2D eigenvalue weighted by molar-refractivity contribution is 9.10. The Morgan fingerprint density at radius 1 is 1.17 bits per heavy atom. The fraction of sp³-hybridized carbons (Fsp3) is 0.263. The second kappa shape index (κ2) is 7.62. The summed E-state index contributed by atoms with van der Waals surface area (Å²) in [6.45, 7) is 2.14. The van der Waals surface area contributed by atoms with Crippen molar-refractivity contribution in [3.05, 3.63) is 58.3 Å². The van der Waals surface area contributed by atoms with E-state index in [2.05, 4.69) is 44.2 Å². The van der Waals surface area contributed by atoms with Crippen LogP contribution >= 0.6 is 15.9 Å². The number of halogens is 1. The molecule has 0 saturated heterocycles. The van der Waals surface area contributed by atoms with Crippen LogP contribution in [0.15, 0.2) is 46.9 Å². The number of amides is 1. The van der Waals surface area contributed by atoms with Crippen LogP contribution in [-0.2, 0) is 17.6 Å². The van der Waals surface area contributed by atoms with Gasteiger partial charge in [-0.05, 0) is 54.8 Å². The maximum Gasteiger partial charge on any atom is 0.224 e. The third-order valence-electron chi connectivity index (χ3n) is 3.85. The van der Waals surface area contributed by atoms with E-state index < -0.39 is 0 Å². The van der Waals surface area contributed by atoms with Crippen molar-refractivity contribution in [3.63, 3.8) is 0 Å². The number of anilines is 1. The molecule has 5 heteroatoms. The van der Waals surface area contributed by atoms with Gasteiger partial charge >= 0.3 is 0 Å². The molecule has 1 amide bonds. The molecule has 4 nitrogen and oxygen atoms in total. The van der Waals surface area contributed by atoms with E-state index >= 15 is 0 Å². The number of aromatic amines is 1. The van der Waals surface area contributed by atoms with Crippen LogP contribution in [0.2, 0.25) is 0 Å². The second-order valence-electron chi connectivity index (χ2n) is 5.84. The molecule has 0 aliphatic carbocycles. The molecule has 0 spiro atoms. The lowest BCUT2D eigenvalue weighted by Crippen LogP contribution is -2.12. The van der Waals surface area contributed by atoms with Gasteiger partial charge in [-0.1, -0.05) is 28.9 Å². The first-order valence-corrected chi connectivity index (χ1v) is 8.96. The number of carbonyl (C=O) groups is 1. The van der Waals surface area contributed by atoms with Crippen molar-refractivity contribution in [1.82, 2.24) is 9.97 Å². The summed E-state index contributed by atoms with van der Waals surface area (Å²) in [7, 11) is 0. The normalized spacial score (nSPS) is 10.9. The lowest BCUT2D eigenvalue weighted by molar-refractivity contribution is -0.116. The van der Waals surface area contributed by atoms with Gasteiger partial charge in [0.2, 0.25) is 5.91 Å². The first kappa shape index (κ1) is 16.7. The Bertz CT molecular complexity index is 839. The average molecular weight is 386 g/mol. The maximum atomic E-state index is 12.1. The number of nitrogens with zero attached hydrogens (tertiary/aromatic N) is 1. The van der Waals surface area contributed by atoms with Crippen molar-refractivity contribution in [2.24, 2.45) is 0 Å². The molecule has 1 aromatic heterocycles. The van der Waals surface area contributed by atoms with E-state index in [1.165, 1.54) is 0 Å². The van der Waals surface area contributed by atoms with Gasteiger partial charge in [-0.3, -0.25) is 4.79 Å². The zero-order valence-corrected chi connectivity index (χ0v) is 15.2. The Labute approximate surface area is 149 Å². The highest BCUT2D eigenvalue weighted by Crippen LogP contribution is 2.17. The third kappa shape index (κ3) is 4.23. The van der Waals surface area contributed by atoms with Crippen LogP contribution in [0.1, 0.15) is 31.2 Å². The lowest BCUT2D eigenvalue weighted by atomic mass is 10.1. The quantitative estimate of drug-likeness (QED) is 0.636. The molecular formula is C19H20BrN3O. The van der Waals surface area contributed by atoms with Crippen LogP contribution in [0.4, 0.5) is 5.69 Å². The lowest BCUT2D eigenvalue weighted by Gasteiger charge is -2.05. The summed E-state index contributed by atoms with van der Waals surface area (Å²) in [6.07, 6.45) is 3.19. The van der Waals surface area contributed by atoms with E-state index in [1.54, 1.807) is 0 Å². The van der Waals surface area contributed by atoms with Gasteiger partial charge in [0.1, 0.15) is 5.82 Å². The molecule has 0 radical (unpaired) electrons. The Morgan fingerprint density at radius 3 is 2.71 bits per heavy atom. The Kier molecular flexibility index (Phi) is 5.30. The predicted octanol–water partition coefficient (Wildman–Crippen LogP) is 4.85. The summed E-state index contributed by atoms with van der Waals surface area (Å²) in [6, 6.07) is 13.8. The second-order valence-corrected chi connectivity index (χ2v) is 6.76. The van der Waals surface area contributed by atoms with E-state index in [-0.39, 0.29) is 5.91 Å². The number of hydrogen-bond acceptors (Lipinski definition) is 2. The Morgan fingerprint density at radius 2 is 1.96 bits per heavy atom. The van der Waals surface area contributed by atoms with Crippen LogP contribution in [0.3, 0.4) is 0 Å². The SMILES string of the molecule is CCCc1nc2ccc(CCC(=O)Nc3ccc(Br)cc3)cc2[nH]1. The first-order chi connectivity index (χ1) is 11.6. The number of aryl methyl sites for hydroxylation is 2. The van der Waals surface area contributed by atoms with Gasteiger partial charge in [0.25, 0.3) is 0 Å². The number of carbonyl (C=O) groups excluding carboxylic acids is 1. The Balaban J connectivity index is 1.60. The van der Waals surface area contributed by atoms with Crippen LogP contribution in [0.25, 0.3) is 11.0 Å². The molecule has 3 rings (SSSR count). The van der Waals surface area contributed by atoms with E-state index in [9.17, 15) is 4.79 Å². The molecular weight excluding hydrogens is 366 g/mol. The van der Waals surface area contributed by atoms with Crippen molar-refractivity contribution in [3.8, 4) is 0 Å². The van der Waals surface area contributed by atoms with Gasteiger partial charge in [-0.25, -0.2) is 4.98 Å². The molecule has 124 valence electrons. The van der Waals surface area contributed by atoms with Crippen molar-refractivity contribution in [2.45, 2.75) is 32.6 Å². The van der Waals surface area contributed by atoms with Gasteiger partial charge in [0.05, 0.1) is 11.0 Å². The van der Waals surface area contributed by atoms with Crippen molar-refractivity contribution in [2.75, 3.05) is 5.32 Å². The van der Waals surface area contributed by atoms with Gasteiger partial charge in [0.15, 0.2) is 0 Å². The minimum absolute atomic E-state index is 0.0219. The zero-order chi connectivity index (χ0) is 16.9. The number of H-pyrrole nitrogens is 1. The molecule has 0 saturated carbocycles. The number of benzene rings is 2. The molecule has 0 fully saturated rings. The van der Waals surface area contributed by atoms with Crippen LogP contribution in [-0.4, -0.2) is 15.9 Å².